The van der Waals surface area contributed by atoms with Gasteiger partial charge < -0.3 is 38.4 Å². The van der Waals surface area contributed by atoms with E-state index < -0.39 is 17.7 Å². The molecule has 0 radical (unpaired) electrons. The summed E-state index contributed by atoms with van der Waals surface area (Å²) in [4.78, 5) is 27.9. The van der Waals surface area contributed by atoms with Crippen LogP contribution in [0.5, 0.6) is 28.7 Å². The Bertz CT molecular complexity index is 1200. The maximum atomic E-state index is 13.3. The maximum Gasteiger partial charge on any atom is 0.295 e. The number of benzene rings is 2. The van der Waals surface area contributed by atoms with Gasteiger partial charge in [-0.05, 0) is 49.7 Å². The lowest BCUT2D eigenvalue weighted by molar-refractivity contribution is -0.140. The van der Waals surface area contributed by atoms with Crippen molar-refractivity contribution < 1.29 is 43.1 Å². The van der Waals surface area contributed by atoms with E-state index >= 15 is 0 Å². The van der Waals surface area contributed by atoms with Gasteiger partial charge in [0.2, 0.25) is 5.75 Å². The molecule has 1 atom stereocenters. The number of carbonyl (C=O) groups is 2. The fourth-order valence-electron chi connectivity index (χ4n) is 4.45. The molecule has 1 amide bonds. The first kappa shape index (κ1) is 26.2. The summed E-state index contributed by atoms with van der Waals surface area (Å²) in [6.45, 7) is 4.88. The second-order valence-corrected chi connectivity index (χ2v) is 8.73. The molecule has 10 nitrogen and oxygen atoms in total. The van der Waals surface area contributed by atoms with Crippen LogP contribution in [-0.2, 0) is 14.3 Å². The van der Waals surface area contributed by atoms with Crippen molar-refractivity contribution in [2.24, 2.45) is 0 Å². The van der Waals surface area contributed by atoms with Crippen molar-refractivity contribution >= 4 is 17.4 Å². The first-order valence-corrected chi connectivity index (χ1v) is 11.9. The largest absolute Gasteiger partial charge is 0.507 e. The first-order chi connectivity index (χ1) is 17.8. The van der Waals surface area contributed by atoms with Gasteiger partial charge in [-0.2, -0.15) is 0 Å². The number of rotatable bonds is 9. The van der Waals surface area contributed by atoms with Crippen molar-refractivity contribution in [3.05, 3.63) is 47.0 Å². The Kier molecular flexibility index (Phi) is 7.77. The predicted molar refractivity (Wildman–Crippen MR) is 134 cm³/mol. The minimum atomic E-state index is -0.933. The SMILES string of the molecule is COc1cc(C2/C(=C(\O)c3ccc4c(c3)OCCO4)C(=O)C(=O)N2CCOC(C)C)cc(OC)c1OC. The number of hydrogen-bond acceptors (Lipinski definition) is 9. The second kappa shape index (κ2) is 11.0. The third kappa shape index (κ3) is 5.01. The summed E-state index contributed by atoms with van der Waals surface area (Å²) in [6.07, 6.45) is -0.0610. The number of amides is 1. The molecule has 0 bridgehead atoms. The van der Waals surface area contributed by atoms with Crippen molar-refractivity contribution in [3.8, 4) is 28.7 Å². The standard InChI is InChI=1S/C27H31NO9/c1-15(2)35-9-8-28-23(17-13-20(32-3)26(34-5)21(14-17)33-4)22(25(30)27(28)31)24(29)16-6-7-18-19(12-16)37-11-10-36-18/h6-7,12-15,23,29H,8-11H2,1-5H3/b24-22+. The van der Waals surface area contributed by atoms with E-state index in [2.05, 4.69) is 0 Å². The molecule has 1 unspecified atom stereocenters. The average Bonchev–Trinajstić information content (AvgIpc) is 3.16. The monoisotopic (exact) mass is 513 g/mol. The number of methoxy groups -OCH3 is 3. The smallest absolute Gasteiger partial charge is 0.295 e. The van der Waals surface area contributed by atoms with E-state index in [9.17, 15) is 14.7 Å². The van der Waals surface area contributed by atoms with Gasteiger partial charge in [0.15, 0.2) is 23.0 Å². The number of carbonyl (C=O) groups excluding carboxylic acids is 2. The number of Topliss-reactive ketones (excluding diaryl/α,β-unsaturated/α-hetero) is 1. The molecular formula is C27H31NO9. The van der Waals surface area contributed by atoms with Crippen LogP contribution >= 0.6 is 0 Å². The summed E-state index contributed by atoms with van der Waals surface area (Å²) in [6, 6.07) is 7.24. The normalized spacial score (nSPS) is 18.3. The predicted octanol–water partition coefficient (Wildman–Crippen LogP) is 3.33. The molecule has 4 rings (SSSR count). The van der Waals surface area contributed by atoms with Gasteiger partial charge in [-0.3, -0.25) is 9.59 Å². The first-order valence-electron chi connectivity index (χ1n) is 11.9. The summed E-state index contributed by atoms with van der Waals surface area (Å²) in [5.74, 6) is 0.151. The topological polar surface area (TPSA) is 113 Å². The van der Waals surface area contributed by atoms with Crippen LogP contribution < -0.4 is 23.7 Å². The molecule has 1 saturated heterocycles. The van der Waals surface area contributed by atoms with Crippen LogP contribution in [0.2, 0.25) is 0 Å². The van der Waals surface area contributed by atoms with E-state index in [1.165, 1.54) is 26.2 Å². The van der Waals surface area contributed by atoms with Crippen LogP contribution in [0.1, 0.15) is 31.0 Å². The lowest BCUT2D eigenvalue weighted by Gasteiger charge is -2.27. The number of fused-ring (bicyclic) bond motifs is 1. The minimum absolute atomic E-state index is 0.0610. The molecule has 0 aromatic heterocycles. The van der Waals surface area contributed by atoms with Gasteiger partial charge in [0.25, 0.3) is 11.7 Å². The van der Waals surface area contributed by atoms with Gasteiger partial charge in [0.05, 0.1) is 45.7 Å². The Morgan fingerprint density at radius 2 is 1.65 bits per heavy atom. The molecule has 0 saturated carbocycles. The fraction of sp³-hybridized carbons (Fsp3) is 0.407. The summed E-state index contributed by atoms with van der Waals surface area (Å²) in [7, 11) is 4.44. The van der Waals surface area contributed by atoms with E-state index in [4.69, 9.17) is 28.4 Å². The number of ketones is 1. The second-order valence-electron chi connectivity index (χ2n) is 8.73. The Morgan fingerprint density at radius 1 is 1.00 bits per heavy atom. The molecule has 2 heterocycles. The van der Waals surface area contributed by atoms with Crippen LogP contribution in [0.3, 0.4) is 0 Å². The van der Waals surface area contributed by atoms with Crippen LogP contribution in [0.4, 0.5) is 0 Å². The third-order valence-electron chi connectivity index (χ3n) is 6.14. The van der Waals surface area contributed by atoms with Crippen molar-refractivity contribution in [3.63, 3.8) is 0 Å². The number of likely N-dealkylation sites (tertiary alicyclic amines) is 1. The molecule has 37 heavy (non-hydrogen) atoms. The zero-order valence-corrected chi connectivity index (χ0v) is 21.5. The van der Waals surface area contributed by atoms with Gasteiger partial charge in [-0.15, -0.1) is 0 Å². The van der Waals surface area contributed by atoms with E-state index in [1.807, 2.05) is 13.8 Å². The summed E-state index contributed by atoms with van der Waals surface area (Å²) in [5.41, 5.74) is 0.746. The van der Waals surface area contributed by atoms with E-state index in [0.717, 1.165) is 0 Å². The molecular weight excluding hydrogens is 482 g/mol. The van der Waals surface area contributed by atoms with Crippen molar-refractivity contribution in [2.45, 2.75) is 26.0 Å². The minimum Gasteiger partial charge on any atom is -0.507 e. The van der Waals surface area contributed by atoms with E-state index in [1.54, 1.807) is 30.3 Å². The summed E-state index contributed by atoms with van der Waals surface area (Å²) >= 11 is 0. The van der Waals surface area contributed by atoms with Crippen LogP contribution in [0.25, 0.3) is 5.76 Å². The molecule has 1 fully saturated rings. The molecule has 0 aliphatic carbocycles. The molecule has 2 aromatic rings. The Hall–Kier alpha value is -3.92. The molecule has 2 aliphatic heterocycles. The Labute approximate surface area is 215 Å². The lowest BCUT2D eigenvalue weighted by atomic mass is 9.94. The average molecular weight is 514 g/mol. The molecule has 0 spiro atoms. The number of ether oxygens (including phenoxy) is 6. The molecule has 10 heteroatoms. The zero-order valence-electron chi connectivity index (χ0n) is 21.5. The molecule has 2 aromatic carbocycles. The number of nitrogens with zero attached hydrogens (tertiary/aromatic N) is 1. The lowest BCUT2D eigenvalue weighted by Crippen LogP contribution is -2.33. The summed E-state index contributed by atoms with van der Waals surface area (Å²) in [5, 5.41) is 11.4. The van der Waals surface area contributed by atoms with Gasteiger partial charge in [0.1, 0.15) is 19.0 Å². The molecule has 2 aliphatic rings. The number of aliphatic hydroxyl groups is 1. The Morgan fingerprint density at radius 3 is 2.24 bits per heavy atom. The number of hydrogen-bond donors (Lipinski definition) is 1. The van der Waals surface area contributed by atoms with E-state index in [-0.39, 0.29) is 30.6 Å². The van der Waals surface area contributed by atoms with Gasteiger partial charge in [-0.1, -0.05) is 0 Å². The van der Waals surface area contributed by atoms with Crippen LogP contribution in [0.15, 0.2) is 35.9 Å². The van der Waals surface area contributed by atoms with Crippen molar-refractivity contribution in [1.29, 1.82) is 0 Å². The van der Waals surface area contributed by atoms with E-state index in [0.29, 0.717) is 53.1 Å². The third-order valence-corrected chi connectivity index (χ3v) is 6.14. The highest BCUT2D eigenvalue weighted by Gasteiger charge is 2.46. The molecule has 1 N–H and O–H groups in total. The maximum absolute atomic E-state index is 13.3. The quantitative estimate of drug-likeness (QED) is 0.306. The fourth-order valence-corrected chi connectivity index (χ4v) is 4.45. The highest BCUT2D eigenvalue weighted by Crippen LogP contribution is 2.46. The highest BCUT2D eigenvalue weighted by molar-refractivity contribution is 6.46. The zero-order chi connectivity index (χ0) is 26.7. The number of aliphatic hydroxyl groups excluding tert-OH is 1. The summed E-state index contributed by atoms with van der Waals surface area (Å²) < 4.78 is 33.3. The van der Waals surface area contributed by atoms with Gasteiger partial charge in [0, 0.05) is 12.1 Å². The molecule has 198 valence electrons. The van der Waals surface area contributed by atoms with Gasteiger partial charge in [-0.25, -0.2) is 0 Å². The van der Waals surface area contributed by atoms with Gasteiger partial charge >= 0.3 is 0 Å². The highest BCUT2D eigenvalue weighted by atomic mass is 16.6. The van der Waals surface area contributed by atoms with Crippen LogP contribution in [0, 0.1) is 0 Å². The van der Waals surface area contributed by atoms with Crippen molar-refractivity contribution in [1.82, 2.24) is 4.90 Å². The Balaban J connectivity index is 1.87. The van der Waals surface area contributed by atoms with Crippen LogP contribution in [-0.4, -0.2) is 75.5 Å². The van der Waals surface area contributed by atoms with Crippen molar-refractivity contribution in [2.75, 3.05) is 47.7 Å².